The number of para-hydroxylation sites is 1. The Morgan fingerprint density at radius 1 is 1.11 bits per heavy atom. The molecule has 180 valence electrons. The summed E-state index contributed by atoms with van der Waals surface area (Å²) < 4.78 is 18.0. The fraction of sp³-hybridized carbons (Fsp3) is 0.222. The van der Waals surface area contributed by atoms with E-state index in [1.165, 1.54) is 11.3 Å². The summed E-state index contributed by atoms with van der Waals surface area (Å²) in [5.74, 6) is 0.939. The molecule has 1 atom stereocenters. The number of carbonyl (C=O) groups excluding carboxylic acids is 1. The minimum Gasteiger partial charge on any atom is -0.497 e. The van der Waals surface area contributed by atoms with Crippen LogP contribution in [0, 0.1) is 0 Å². The van der Waals surface area contributed by atoms with Crippen LogP contribution in [0.3, 0.4) is 0 Å². The van der Waals surface area contributed by atoms with E-state index < -0.39 is 12.0 Å². The van der Waals surface area contributed by atoms with E-state index in [-0.39, 0.29) is 12.2 Å². The van der Waals surface area contributed by atoms with Crippen molar-refractivity contribution in [1.82, 2.24) is 4.57 Å². The largest absolute Gasteiger partial charge is 0.497 e. The van der Waals surface area contributed by atoms with Crippen molar-refractivity contribution in [2.24, 2.45) is 4.99 Å². The normalized spacial score (nSPS) is 15.7. The number of hydrogen-bond donors (Lipinski definition) is 0. The third kappa shape index (κ3) is 4.83. The third-order valence-corrected chi connectivity index (χ3v) is 6.61. The lowest BCUT2D eigenvalue weighted by atomic mass is 9.96. The number of carbonyl (C=O) groups is 1. The molecule has 0 spiro atoms. The lowest BCUT2D eigenvalue weighted by molar-refractivity contribution is -0.139. The van der Waals surface area contributed by atoms with E-state index in [1.54, 1.807) is 50.8 Å². The third-order valence-electron chi connectivity index (χ3n) is 5.61. The van der Waals surface area contributed by atoms with E-state index in [9.17, 15) is 9.59 Å². The number of rotatable bonds is 7. The molecule has 1 aliphatic heterocycles. The Labute approximate surface area is 206 Å². The molecule has 0 saturated carbocycles. The fourth-order valence-corrected chi connectivity index (χ4v) is 4.95. The molecule has 0 fully saturated rings. The SMILES string of the molecule is CCOC(=O)C1=C(C)N=c2s/c(=C\C=C\c3ccccc3OC)c(=O)n2C1c1ccc(OC)cc1. The van der Waals surface area contributed by atoms with Crippen molar-refractivity contribution < 1.29 is 19.0 Å². The summed E-state index contributed by atoms with van der Waals surface area (Å²) in [4.78, 5) is 31.6. The molecule has 0 N–H and O–H groups in total. The maximum atomic E-state index is 13.5. The zero-order valence-corrected chi connectivity index (χ0v) is 20.8. The molecule has 3 aromatic rings. The van der Waals surface area contributed by atoms with Crippen LogP contribution in [-0.4, -0.2) is 31.4 Å². The van der Waals surface area contributed by atoms with E-state index >= 15 is 0 Å². The number of thiazole rings is 1. The van der Waals surface area contributed by atoms with Gasteiger partial charge >= 0.3 is 5.97 Å². The van der Waals surface area contributed by atoms with E-state index in [4.69, 9.17) is 14.2 Å². The van der Waals surface area contributed by atoms with Crippen LogP contribution >= 0.6 is 11.3 Å². The second kappa shape index (κ2) is 10.6. The highest BCUT2D eigenvalue weighted by Gasteiger charge is 2.33. The van der Waals surface area contributed by atoms with E-state index in [1.807, 2.05) is 48.6 Å². The summed E-state index contributed by atoms with van der Waals surface area (Å²) >= 11 is 1.28. The Kier molecular flexibility index (Phi) is 7.31. The van der Waals surface area contributed by atoms with Gasteiger partial charge in [0.1, 0.15) is 11.5 Å². The highest BCUT2D eigenvalue weighted by Crippen LogP contribution is 2.31. The van der Waals surface area contributed by atoms with Gasteiger partial charge in [-0.25, -0.2) is 9.79 Å². The van der Waals surface area contributed by atoms with Gasteiger partial charge in [-0.1, -0.05) is 53.8 Å². The average molecular weight is 491 g/mol. The monoisotopic (exact) mass is 490 g/mol. The first-order valence-electron chi connectivity index (χ1n) is 11.1. The number of esters is 1. The predicted octanol–water partition coefficient (Wildman–Crippen LogP) is 3.48. The second-order valence-corrected chi connectivity index (χ2v) is 8.71. The van der Waals surface area contributed by atoms with Gasteiger partial charge in [0.25, 0.3) is 5.56 Å². The molecule has 0 amide bonds. The topological polar surface area (TPSA) is 79.1 Å². The Hall–Kier alpha value is -3.91. The average Bonchev–Trinajstić information content (AvgIpc) is 3.18. The van der Waals surface area contributed by atoms with Crippen LogP contribution in [0.4, 0.5) is 0 Å². The van der Waals surface area contributed by atoms with Crippen molar-refractivity contribution in [3.05, 3.63) is 96.7 Å². The molecule has 1 unspecified atom stereocenters. The first kappa shape index (κ1) is 24.2. The lowest BCUT2D eigenvalue weighted by Gasteiger charge is -2.24. The molecule has 2 heterocycles. The van der Waals surface area contributed by atoms with Crippen molar-refractivity contribution in [1.29, 1.82) is 0 Å². The Balaban J connectivity index is 1.84. The van der Waals surface area contributed by atoms with Crippen LogP contribution in [0.25, 0.3) is 12.2 Å². The molecule has 8 heteroatoms. The van der Waals surface area contributed by atoms with Crippen molar-refractivity contribution in [2.75, 3.05) is 20.8 Å². The van der Waals surface area contributed by atoms with Crippen molar-refractivity contribution >= 4 is 29.5 Å². The van der Waals surface area contributed by atoms with Gasteiger partial charge in [0.15, 0.2) is 4.80 Å². The minimum absolute atomic E-state index is 0.225. The van der Waals surface area contributed by atoms with E-state index in [2.05, 4.69) is 4.99 Å². The number of hydrogen-bond acceptors (Lipinski definition) is 7. The minimum atomic E-state index is -0.656. The van der Waals surface area contributed by atoms with Gasteiger partial charge in [-0.15, -0.1) is 0 Å². The van der Waals surface area contributed by atoms with Crippen molar-refractivity contribution in [3.63, 3.8) is 0 Å². The number of benzene rings is 2. The molecule has 1 aliphatic rings. The van der Waals surface area contributed by atoms with E-state index in [0.717, 1.165) is 16.9 Å². The van der Waals surface area contributed by atoms with Crippen molar-refractivity contribution in [2.45, 2.75) is 19.9 Å². The van der Waals surface area contributed by atoms with Gasteiger partial charge in [0.2, 0.25) is 0 Å². The second-order valence-electron chi connectivity index (χ2n) is 7.70. The first-order valence-corrected chi connectivity index (χ1v) is 11.9. The van der Waals surface area contributed by atoms with E-state index in [0.29, 0.717) is 26.4 Å². The lowest BCUT2D eigenvalue weighted by Crippen LogP contribution is -2.39. The number of ether oxygens (including phenoxy) is 3. The standard InChI is InChI=1S/C27H26N2O5S/c1-5-34-26(31)23-17(2)28-27-29(24(23)19-13-15-20(32-3)16-14-19)25(30)22(35-27)12-8-10-18-9-6-7-11-21(18)33-4/h6-16,24H,5H2,1-4H3/b10-8+,22-12-. The highest BCUT2D eigenvalue weighted by atomic mass is 32.1. The summed E-state index contributed by atoms with van der Waals surface area (Å²) in [6, 6.07) is 14.3. The van der Waals surface area contributed by atoms with Crippen LogP contribution in [0.2, 0.25) is 0 Å². The van der Waals surface area contributed by atoms with Gasteiger partial charge < -0.3 is 14.2 Å². The molecule has 4 rings (SSSR count). The molecule has 0 bridgehead atoms. The summed E-state index contributed by atoms with van der Waals surface area (Å²) in [7, 11) is 3.21. The van der Waals surface area contributed by atoms with Gasteiger partial charge in [0.05, 0.1) is 42.7 Å². The number of fused-ring (bicyclic) bond motifs is 1. The fourth-order valence-electron chi connectivity index (χ4n) is 3.95. The number of nitrogens with zero attached hydrogens (tertiary/aromatic N) is 2. The Bertz CT molecular complexity index is 1480. The molecule has 1 aromatic heterocycles. The molecule has 7 nitrogen and oxygen atoms in total. The van der Waals surface area contributed by atoms with Crippen molar-refractivity contribution in [3.8, 4) is 11.5 Å². The number of methoxy groups -OCH3 is 2. The molecule has 0 saturated heterocycles. The van der Waals surface area contributed by atoms with Crippen LogP contribution < -0.4 is 24.4 Å². The van der Waals surface area contributed by atoms with Crippen LogP contribution in [0.5, 0.6) is 11.5 Å². The smallest absolute Gasteiger partial charge is 0.338 e. The maximum absolute atomic E-state index is 13.5. The van der Waals surface area contributed by atoms with Gasteiger partial charge in [0, 0.05) is 5.56 Å². The summed E-state index contributed by atoms with van der Waals surface area (Å²) in [5, 5.41) is 0. The summed E-state index contributed by atoms with van der Waals surface area (Å²) in [6.07, 6.45) is 5.45. The van der Waals surface area contributed by atoms with Crippen LogP contribution in [-0.2, 0) is 9.53 Å². The Morgan fingerprint density at radius 2 is 1.86 bits per heavy atom. The quantitative estimate of drug-likeness (QED) is 0.474. The van der Waals surface area contributed by atoms with Gasteiger partial charge in [-0.3, -0.25) is 9.36 Å². The molecule has 35 heavy (non-hydrogen) atoms. The zero-order valence-electron chi connectivity index (χ0n) is 20.0. The predicted molar refractivity (Wildman–Crippen MR) is 136 cm³/mol. The Morgan fingerprint density at radius 3 is 2.54 bits per heavy atom. The van der Waals surface area contributed by atoms with Crippen LogP contribution in [0.15, 0.2) is 75.7 Å². The first-order chi connectivity index (χ1) is 17.0. The molecular weight excluding hydrogens is 464 g/mol. The highest BCUT2D eigenvalue weighted by molar-refractivity contribution is 7.07. The number of allylic oxidation sites excluding steroid dienone is 2. The summed E-state index contributed by atoms with van der Waals surface area (Å²) in [6.45, 7) is 3.74. The van der Waals surface area contributed by atoms with Gasteiger partial charge in [-0.05, 0) is 43.7 Å². The zero-order chi connectivity index (χ0) is 24.9. The van der Waals surface area contributed by atoms with Crippen LogP contribution in [0.1, 0.15) is 31.0 Å². The molecule has 0 radical (unpaired) electrons. The molecular formula is C27H26N2O5S. The molecule has 0 aliphatic carbocycles. The van der Waals surface area contributed by atoms with Gasteiger partial charge in [-0.2, -0.15) is 0 Å². The summed E-state index contributed by atoms with van der Waals surface area (Å²) in [5.41, 5.74) is 2.31. The molecule has 2 aromatic carbocycles. The maximum Gasteiger partial charge on any atom is 0.338 e. The number of aromatic nitrogens is 1.